The average Bonchev–Trinajstić information content (AvgIpc) is 3.64. The number of rotatable bonds is 11. The fraction of sp³-hybridized carbons (Fsp3) is 0.516. The monoisotopic (exact) mass is 628 g/mol. The van der Waals surface area contributed by atoms with Gasteiger partial charge in [-0.05, 0) is 78.3 Å². The molecule has 0 saturated carbocycles. The fourth-order valence-electron chi connectivity index (χ4n) is 4.74. The third-order valence-electron chi connectivity index (χ3n) is 6.98. The predicted octanol–water partition coefficient (Wildman–Crippen LogP) is 4.18. The van der Waals surface area contributed by atoms with E-state index in [0.717, 1.165) is 19.5 Å². The van der Waals surface area contributed by atoms with Crippen molar-refractivity contribution in [3.63, 3.8) is 0 Å². The Morgan fingerprint density at radius 3 is 2.60 bits per heavy atom. The summed E-state index contributed by atoms with van der Waals surface area (Å²) in [5.74, 6) is -0.417. The van der Waals surface area contributed by atoms with Gasteiger partial charge in [-0.3, -0.25) is 9.59 Å². The third-order valence-corrected chi connectivity index (χ3v) is 6.98. The molecule has 0 unspecified atom stereocenters. The highest BCUT2D eigenvalue weighted by Gasteiger charge is 2.26. The van der Waals surface area contributed by atoms with Crippen molar-refractivity contribution in [2.45, 2.75) is 65.1 Å². The summed E-state index contributed by atoms with van der Waals surface area (Å²) in [6.45, 7) is 12.4. The number of hydrogen-bond acceptors (Lipinski definition) is 10. The Bertz CT molecular complexity index is 1440. The SMILES string of the molecule is C[C@H](NC(=O)OC(C)(C)C)c1nc(-c2ccc(OCCCN3CCCN(C(=O)[C@@H](C)NC(=O)c4ccco4)CC3)cc2F)no1. The molecule has 1 aliphatic rings. The number of amides is 3. The van der Waals surface area contributed by atoms with Crippen LogP contribution in [0.3, 0.4) is 0 Å². The van der Waals surface area contributed by atoms with Gasteiger partial charge in [0, 0.05) is 32.2 Å². The van der Waals surface area contributed by atoms with Gasteiger partial charge >= 0.3 is 6.09 Å². The molecule has 1 fully saturated rings. The number of hydrogen-bond donors (Lipinski definition) is 2. The Morgan fingerprint density at radius 1 is 1.09 bits per heavy atom. The molecule has 3 amide bonds. The predicted molar refractivity (Wildman–Crippen MR) is 161 cm³/mol. The molecule has 244 valence electrons. The van der Waals surface area contributed by atoms with Crippen LogP contribution < -0.4 is 15.4 Å². The zero-order valence-electron chi connectivity index (χ0n) is 26.3. The molecule has 1 saturated heterocycles. The van der Waals surface area contributed by atoms with E-state index in [1.807, 2.05) is 0 Å². The Labute approximate surface area is 261 Å². The minimum absolute atomic E-state index is 0.0508. The summed E-state index contributed by atoms with van der Waals surface area (Å²) in [6.07, 6.45) is 2.30. The summed E-state index contributed by atoms with van der Waals surface area (Å²) in [7, 11) is 0. The summed E-state index contributed by atoms with van der Waals surface area (Å²) in [5.41, 5.74) is -0.517. The first-order valence-corrected chi connectivity index (χ1v) is 15.0. The van der Waals surface area contributed by atoms with Gasteiger partial charge in [0.25, 0.3) is 5.91 Å². The van der Waals surface area contributed by atoms with Crippen LogP contribution in [0.25, 0.3) is 11.4 Å². The van der Waals surface area contributed by atoms with Crippen LogP contribution in [0.4, 0.5) is 9.18 Å². The lowest BCUT2D eigenvalue weighted by Gasteiger charge is -2.25. The van der Waals surface area contributed by atoms with Crippen LogP contribution in [0.15, 0.2) is 45.5 Å². The molecule has 1 aliphatic heterocycles. The first-order valence-electron chi connectivity index (χ1n) is 15.0. The summed E-state index contributed by atoms with van der Waals surface area (Å²) < 4.78 is 36.3. The maximum Gasteiger partial charge on any atom is 0.408 e. The first-order chi connectivity index (χ1) is 21.4. The molecule has 0 bridgehead atoms. The molecule has 0 aliphatic carbocycles. The number of ether oxygens (including phenoxy) is 2. The van der Waals surface area contributed by atoms with E-state index in [1.54, 1.807) is 57.7 Å². The van der Waals surface area contributed by atoms with Crippen molar-refractivity contribution in [1.29, 1.82) is 0 Å². The van der Waals surface area contributed by atoms with Crippen molar-refractivity contribution < 1.29 is 37.2 Å². The largest absolute Gasteiger partial charge is 0.493 e. The van der Waals surface area contributed by atoms with Gasteiger partial charge in [-0.2, -0.15) is 4.98 Å². The molecule has 2 atom stereocenters. The van der Waals surface area contributed by atoms with Crippen molar-refractivity contribution in [2.75, 3.05) is 39.3 Å². The second kappa shape index (κ2) is 15.0. The molecule has 3 heterocycles. The van der Waals surface area contributed by atoms with Gasteiger partial charge in [0.05, 0.1) is 18.4 Å². The standard InChI is InChI=1S/C31H41FN6O7/c1-20(34-30(41)44-31(3,4)5)28-35-26(36-45-28)23-11-10-22(19-24(23)32)42-18-8-13-37-12-7-14-38(16-15-37)29(40)21(2)33-27(39)25-9-6-17-43-25/h6,9-11,17,19-21H,7-8,12-16,18H2,1-5H3,(H,33,39)(H,34,41)/t20-,21+/m0/s1. The van der Waals surface area contributed by atoms with E-state index >= 15 is 0 Å². The van der Waals surface area contributed by atoms with Gasteiger partial charge in [-0.25, -0.2) is 9.18 Å². The number of furan rings is 1. The van der Waals surface area contributed by atoms with Crippen LogP contribution in [0, 0.1) is 5.82 Å². The summed E-state index contributed by atoms with van der Waals surface area (Å²) in [5, 5.41) is 9.15. The van der Waals surface area contributed by atoms with Crippen molar-refractivity contribution in [3.05, 3.63) is 54.1 Å². The van der Waals surface area contributed by atoms with Crippen LogP contribution in [0.2, 0.25) is 0 Å². The number of carbonyl (C=O) groups excluding carboxylic acids is 3. The van der Waals surface area contributed by atoms with Crippen LogP contribution in [-0.2, 0) is 9.53 Å². The average molecular weight is 629 g/mol. The van der Waals surface area contributed by atoms with Crippen LogP contribution in [0.5, 0.6) is 5.75 Å². The Kier molecular flexibility index (Phi) is 11.2. The smallest absolute Gasteiger partial charge is 0.408 e. The molecule has 45 heavy (non-hydrogen) atoms. The van der Waals surface area contributed by atoms with Gasteiger partial charge in [0.15, 0.2) is 5.76 Å². The Balaban J connectivity index is 1.19. The molecule has 3 aromatic rings. The highest BCUT2D eigenvalue weighted by molar-refractivity contribution is 5.95. The van der Waals surface area contributed by atoms with Crippen LogP contribution >= 0.6 is 0 Å². The minimum Gasteiger partial charge on any atom is -0.493 e. The Hall–Kier alpha value is -4.46. The van der Waals surface area contributed by atoms with E-state index < -0.39 is 35.5 Å². The Morgan fingerprint density at radius 2 is 1.89 bits per heavy atom. The maximum absolute atomic E-state index is 14.9. The van der Waals surface area contributed by atoms with Crippen molar-refractivity contribution >= 4 is 17.9 Å². The first kappa shape index (κ1) is 33.4. The van der Waals surface area contributed by atoms with E-state index in [4.69, 9.17) is 18.4 Å². The van der Waals surface area contributed by atoms with Crippen LogP contribution in [-0.4, -0.2) is 88.8 Å². The number of nitrogens with one attached hydrogen (secondary N) is 2. The molecule has 14 heteroatoms. The summed E-state index contributed by atoms with van der Waals surface area (Å²) >= 11 is 0. The van der Waals surface area contributed by atoms with Gasteiger partial charge < -0.3 is 38.8 Å². The van der Waals surface area contributed by atoms with Gasteiger partial charge in [-0.1, -0.05) is 5.16 Å². The van der Waals surface area contributed by atoms with Crippen molar-refractivity contribution in [1.82, 2.24) is 30.6 Å². The molecule has 2 aromatic heterocycles. The van der Waals surface area contributed by atoms with E-state index in [1.165, 1.54) is 18.4 Å². The van der Waals surface area contributed by atoms with E-state index in [0.29, 0.717) is 38.4 Å². The summed E-state index contributed by atoms with van der Waals surface area (Å²) in [4.78, 5) is 45.4. The number of alkyl carbamates (subject to hydrolysis) is 1. The second-order valence-corrected chi connectivity index (χ2v) is 11.9. The molecular formula is C31H41FN6O7. The highest BCUT2D eigenvalue weighted by atomic mass is 19.1. The number of nitrogens with zero attached hydrogens (tertiary/aromatic N) is 4. The molecule has 0 spiro atoms. The maximum atomic E-state index is 14.9. The topological polar surface area (TPSA) is 152 Å². The van der Waals surface area contributed by atoms with Crippen LogP contribution in [0.1, 0.15) is 69.9 Å². The molecule has 13 nitrogen and oxygen atoms in total. The molecule has 1 aromatic carbocycles. The van der Waals surface area contributed by atoms with Crippen molar-refractivity contribution in [3.8, 4) is 17.1 Å². The molecule has 4 rings (SSSR count). The zero-order chi connectivity index (χ0) is 32.6. The third kappa shape index (κ3) is 9.76. The number of benzene rings is 1. The second-order valence-electron chi connectivity index (χ2n) is 11.9. The van der Waals surface area contributed by atoms with Crippen molar-refractivity contribution in [2.24, 2.45) is 0 Å². The lowest BCUT2D eigenvalue weighted by Crippen LogP contribution is -2.48. The lowest BCUT2D eigenvalue weighted by molar-refractivity contribution is -0.132. The van der Waals surface area contributed by atoms with E-state index in [9.17, 15) is 18.8 Å². The molecule has 0 radical (unpaired) electrons. The fourth-order valence-corrected chi connectivity index (χ4v) is 4.74. The normalized spacial score (nSPS) is 15.6. The number of carbonyl (C=O) groups is 3. The van der Waals surface area contributed by atoms with E-state index in [2.05, 4.69) is 25.7 Å². The zero-order valence-corrected chi connectivity index (χ0v) is 26.3. The minimum atomic E-state index is -0.666. The number of halogens is 1. The molecular weight excluding hydrogens is 587 g/mol. The quantitative estimate of drug-likeness (QED) is 0.296. The molecule has 2 N–H and O–H groups in total. The van der Waals surface area contributed by atoms with Gasteiger partial charge in [-0.15, -0.1) is 0 Å². The lowest BCUT2D eigenvalue weighted by atomic mass is 10.2. The van der Waals surface area contributed by atoms with Gasteiger partial charge in [0.1, 0.15) is 29.3 Å². The number of aromatic nitrogens is 2. The van der Waals surface area contributed by atoms with Gasteiger partial charge in [0.2, 0.25) is 17.6 Å². The summed E-state index contributed by atoms with van der Waals surface area (Å²) in [6, 6.07) is 6.30. The van der Waals surface area contributed by atoms with E-state index in [-0.39, 0.29) is 28.9 Å². The highest BCUT2D eigenvalue weighted by Crippen LogP contribution is 2.25.